The van der Waals surface area contributed by atoms with E-state index in [0.29, 0.717) is 0 Å². The van der Waals surface area contributed by atoms with E-state index in [1.165, 1.54) is 0 Å². The second-order valence-electron chi connectivity index (χ2n) is 1.85. The molecule has 0 aliphatic heterocycles. The molecule has 2 atom stereocenters. The first-order valence-electron chi connectivity index (χ1n) is 2.50. The van der Waals surface area contributed by atoms with Crippen LogP contribution < -0.4 is 5.73 Å². The fourth-order valence-electron chi connectivity index (χ4n) is 0.339. The maximum absolute atomic E-state index is 11.5. The van der Waals surface area contributed by atoms with Crippen molar-refractivity contribution in [3.05, 3.63) is 0 Å². The standard InChI is InChI=1S/C4H6F3NO3.ClH/c5-4(6,7)2(9)1(8)3(10)11;/h1-2,9H,8H2,(H,10,11);1H. The van der Waals surface area contributed by atoms with Crippen molar-refractivity contribution in [3.8, 4) is 0 Å². The molecule has 74 valence electrons. The molecule has 0 spiro atoms. The average Bonchev–Trinajstić information content (AvgIpc) is 1.82. The van der Waals surface area contributed by atoms with E-state index < -0.39 is 24.3 Å². The summed E-state index contributed by atoms with van der Waals surface area (Å²) in [6, 6.07) is -2.32. The van der Waals surface area contributed by atoms with Crippen molar-refractivity contribution in [3.63, 3.8) is 0 Å². The molecule has 0 heterocycles. The van der Waals surface area contributed by atoms with Gasteiger partial charge in [0.1, 0.15) is 6.04 Å². The van der Waals surface area contributed by atoms with Crippen LogP contribution in [0.3, 0.4) is 0 Å². The molecule has 0 amide bonds. The van der Waals surface area contributed by atoms with Crippen molar-refractivity contribution in [1.29, 1.82) is 0 Å². The van der Waals surface area contributed by atoms with Gasteiger partial charge in [-0.3, -0.25) is 4.79 Å². The fourth-order valence-corrected chi connectivity index (χ4v) is 0.339. The lowest BCUT2D eigenvalue weighted by molar-refractivity contribution is -0.212. The molecule has 0 aromatic carbocycles. The van der Waals surface area contributed by atoms with Gasteiger partial charge in [0.15, 0.2) is 6.10 Å². The summed E-state index contributed by atoms with van der Waals surface area (Å²) in [7, 11) is 0. The largest absolute Gasteiger partial charge is 0.480 e. The van der Waals surface area contributed by atoms with Gasteiger partial charge in [-0.05, 0) is 0 Å². The highest BCUT2D eigenvalue weighted by Crippen LogP contribution is 2.21. The number of nitrogens with two attached hydrogens (primary N) is 1. The molecule has 0 saturated heterocycles. The SMILES string of the molecule is Cl.NC(C(=O)O)C(O)C(F)(F)F. The van der Waals surface area contributed by atoms with Gasteiger partial charge >= 0.3 is 12.1 Å². The Hall–Kier alpha value is -0.530. The number of aliphatic hydroxyl groups is 1. The molecule has 0 radical (unpaired) electrons. The smallest absolute Gasteiger partial charge is 0.416 e. The van der Waals surface area contributed by atoms with Crippen LogP contribution in [-0.4, -0.2) is 34.5 Å². The number of hydrogen-bond acceptors (Lipinski definition) is 3. The summed E-state index contributed by atoms with van der Waals surface area (Å²) >= 11 is 0. The zero-order valence-electron chi connectivity index (χ0n) is 5.58. The summed E-state index contributed by atoms with van der Waals surface area (Å²) in [6.07, 6.45) is -8.00. The number of aliphatic carboxylic acids is 1. The third-order valence-electron chi connectivity index (χ3n) is 0.961. The van der Waals surface area contributed by atoms with Crippen molar-refractivity contribution in [2.75, 3.05) is 0 Å². The monoisotopic (exact) mass is 209 g/mol. The molecule has 0 aromatic heterocycles. The fraction of sp³-hybridized carbons (Fsp3) is 0.750. The average molecular weight is 210 g/mol. The molecule has 2 unspecified atom stereocenters. The van der Waals surface area contributed by atoms with Crippen LogP contribution in [0.5, 0.6) is 0 Å². The zero-order chi connectivity index (χ0) is 9.23. The second-order valence-corrected chi connectivity index (χ2v) is 1.85. The second kappa shape index (κ2) is 4.48. The normalized spacial score (nSPS) is 16.1. The summed E-state index contributed by atoms with van der Waals surface area (Å²) in [5, 5.41) is 16.1. The molecular formula is C4H7ClF3NO3. The van der Waals surface area contributed by atoms with Crippen molar-refractivity contribution < 1.29 is 28.2 Å². The Bertz CT molecular complexity index is 162. The van der Waals surface area contributed by atoms with E-state index in [2.05, 4.69) is 5.73 Å². The number of halogens is 4. The number of hydrogen-bond donors (Lipinski definition) is 3. The Kier molecular flexibility index (Phi) is 5.24. The number of carbonyl (C=O) groups is 1. The van der Waals surface area contributed by atoms with Gasteiger partial charge in [-0.25, -0.2) is 0 Å². The molecule has 0 aliphatic rings. The highest BCUT2D eigenvalue weighted by Gasteiger charge is 2.44. The van der Waals surface area contributed by atoms with Crippen LogP contribution in [0.4, 0.5) is 13.2 Å². The minimum atomic E-state index is -4.99. The lowest BCUT2D eigenvalue weighted by Crippen LogP contribution is -2.49. The predicted octanol–water partition coefficient (Wildman–Crippen LogP) is -0.257. The molecule has 0 rings (SSSR count). The Morgan fingerprint density at radius 2 is 1.75 bits per heavy atom. The summed E-state index contributed by atoms with van der Waals surface area (Å²) in [6.45, 7) is 0. The van der Waals surface area contributed by atoms with Gasteiger partial charge in [0.2, 0.25) is 0 Å². The van der Waals surface area contributed by atoms with Crippen molar-refractivity contribution >= 4 is 18.4 Å². The molecule has 0 aromatic rings. The van der Waals surface area contributed by atoms with Crippen LogP contribution in [0.25, 0.3) is 0 Å². The van der Waals surface area contributed by atoms with Gasteiger partial charge < -0.3 is 15.9 Å². The first-order chi connectivity index (χ1) is 4.76. The Labute approximate surface area is 71.6 Å². The quantitative estimate of drug-likeness (QED) is 0.585. The van der Waals surface area contributed by atoms with Gasteiger partial charge in [0.05, 0.1) is 0 Å². The predicted molar refractivity (Wildman–Crippen MR) is 34.9 cm³/mol. The lowest BCUT2D eigenvalue weighted by Gasteiger charge is -2.17. The van der Waals surface area contributed by atoms with Gasteiger partial charge in [0, 0.05) is 0 Å². The van der Waals surface area contributed by atoms with Gasteiger partial charge in [0.25, 0.3) is 0 Å². The Balaban J connectivity index is 0. The van der Waals surface area contributed by atoms with Crippen LogP contribution in [0.1, 0.15) is 0 Å². The van der Waals surface area contributed by atoms with Crippen molar-refractivity contribution in [2.45, 2.75) is 18.3 Å². The number of aliphatic hydroxyl groups excluding tert-OH is 1. The third-order valence-corrected chi connectivity index (χ3v) is 0.961. The molecule has 4 N–H and O–H groups in total. The summed E-state index contributed by atoms with van der Waals surface area (Å²) < 4.78 is 34.4. The van der Waals surface area contributed by atoms with E-state index in [1.807, 2.05) is 0 Å². The van der Waals surface area contributed by atoms with E-state index in [4.69, 9.17) is 10.2 Å². The summed E-state index contributed by atoms with van der Waals surface area (Å²) in [5.74, 6) is -1.89. The molecule has 0 bridgehead atoms. The zero-order valence-corrected chi connectivity index (χ0v) is 6.39. The molecular weight excluding hydrogens is 202 g/mol. The maximum atomic E-state index is 11.5. The number of carboxylic acids is 1. The highest BCUT2D eigenvalue weighted by molar-refractivity contribution is 5.85. The summed E-state index contributed by atoms with van der Waals surface area (Å²) in [5.41, 5.74) is 4.48. The van der Waals surface area contributed by atoms with Gasteiger partial charge in [-0.15, -0.1) is 12.4 Å². The van der Waals surface area contributed by atoms with E-state index in [1.54, 1.807) is 0 Å². The number of alkyl halides is 3. The summed E-state index contributed by atoms with van der Waals surface area (Å²) in [4.78, 5) is 9.80. The van der Waals surface area contributed by atoms with Crippen molar-refractivity contribution in [2.24, 2.45) is 5.73 Å². The Morgan fingerprint density at radius 3 is 1.83 bits per heavy atom. The minimum absolute atomic E-state index is 0. The van der Waals surface area contributed by atoms with Crippen molar-refractivity contribution in [1.82, 2.24) is 0 Å². The van der Waals surface area contributed by atoms with E-state index in [9.17, 15) is 18.0 Å². The number of carboxylic acid groups (broad SMARTS) is 1. The Morgan fingerprint density at radius 1 is 1.42 bits per heavy atom. The maximum Gasteiger partial charge on any atom is 0.416 e. The number of rotatable bonds is 2. The van der Waals surface area contributed by atoms with Gasteiger partial charge in [-0.2, -0.15) is 13.2 Å². The molecule has 0 aliphatic carbocycles. The van der Waals surface area contributed by atoms with E-state index in [-0.39, 0.29) is 12.4 Å². The first kappa shape index (κ1) is 14.0. The van der Waals surface area contributed by atoms with E-state index in [0.717, 1.165) is 0 Å². The van der Waals surface area contributed by atoms with Crippen LogP contribution in [-0.2, 0) is 4.79 Å². The third kappa shape index (κ3) is 3.74. The highest BCUT2D eigenvalue weighted by atomic mass is 35.5. The first-order valence-corrected chi connectivity index (χ1v) is 2.50. The van der Waals surface area contributed by atoms with Gasteiger partial charge in [-0.1, -0.05) is 0 Å². The minimum Gasteiger partial charge on any atom is -0.480 e. The van der Waals surface area contributed by atoms with Crippen LogP contribution in [0, 0.1) is 0 Å². The van der Waals surface area contributed by atoms with Crippen LogP contribution in [0.15, 0.2) is 0 Å². The topological polar surface area (TPSA) is 83.6 Å². The van der Waals surface area contributed by atoms with Crippen LogP contribution in [0.2, 0.25) is 0 Å². The van der Waals surface area contributed by atoms with Crippen LogP contribution >= 0.6 is 12.4 Å². The molecule has 12 heavy (non-hydrogen) atoms. The van der Waals surface area contributed by atoms with E-state index >= 15 is 0 Å². The molecule has 0 saturated carbocycles. The molecule has 8 heteroatoms. The molecule has 0 fully saturated rings. The molecule has 4 nitrogen and oxygen atoms in total. The lowest BCUT2D eigenvalue weighted by atomic mass is 10.2.